The van der Waals surface area contributed by atoms with Gasteiger partial charge in [0.2, 0.25) is 5.89 Å². The quantitative estimate of drug-likeness (QED) is 0.761. The molecule has 0 radical (unpaired) electrons. The number of ether oxygens (including phenoxy) is 1. The summed E-state index contributed by atoms with van der Waals surface area (Å²) in [5, 5.41) is 8.27. The molecule has 1 aliphatic rings. The van der Waals surface area contributed by atoms with Crippen molar-refractivity contribution in [1.82, 2.24) is 24.8 Å². The molecule has 1 saturated heterocycles. The first-order chi connectivity index (χ1) is 10.3. The standard InChI is InChI=1S/C14H21N5O2/c1-20-9-5-13-16-14(21-17-13)11-18-7-2-4-12(18)10-19-8-3-6-15-19/h3,6,8,12H,2,4-5,7,9-11H2,1H3. The molecule has 0 N–H and O–H groups in total. The lowest BCUT2D eigenvalue weighted by Gasteiger charge is -2.22. The van der Waals surface area contributed by atoms with Gasteiger partial charge >= 0.3 is 0 Å². The number of aromatic nitrogens is 4. The van der Waals surface area contributed by atoms with E-state index in [0.29, 0.717) is 31.5 Å². The minimum absolute atomic E-state index is 0.485. The Kier molecular flexibility index (Phi) is 4.62. The Balaban J connectivity index is 1.56. The van der Waals surface area contributed by atoms with E-state index in [9.17, 15) is 0 Å². The summed E-state index contributed by atoms with van der Waals surface area (Å²) in [6.45, 7) is 3.32. The molecule has 0 amide bonds. The molecule has 1 aliphatic heterocycles. The minimum atomic E-state index is 0.485. The van der Waals surface area contributed by atoms with Crippen LogP contribution in [-0.2, 0) is 24.2 Å². The van der Waals surface area contributed by atoms with Gasteiger partial charge in [0.25, 0.3) is 0 Å². The first-order valence-corrected chi connectivity index (χ1v) is 7.37. The largest absolute Gasteiger partial charge is 0.384 e. The third kappa shape index (κ3) is 3.68. The zero-order chi connectivity index (χ0) is 14.5. The number of methoxy groups -OCH3 is 1. The molecule has 3 heterocycles. The van der Waals surface area contributed by atoms with E-state index in [1.165, 1.54) is 12.8 Å². The number of nitrogens with zero attached hydrogens (tertiary/aromatic N) is 5. The van der Waals surface area contributed by atoms with Crippen molar-refractivity contribution in [2.75, 3.05) is 20.3 Å². The van der Waals surface area contributed by atoms with Crippen LogP contribution in [0, 0.1) is 0 Å². The number of hydrogen-bond donors (Lipinski definition) is 0. The molecule has 0 spiro atoms. The lowest BCUT2D eigenvalue weighted by molar-refractivity contribution is 0.191. The van der Waals surface area contributed by atoms with Gasteiger partial charge in [-0.25, -0.2) is 0 Å². The second-order valence-electron chi connectivity index (χ2n) is 5.34. The van der Waals surface area contributed by atoms with Crippen LogP contribution in [0.1, 0.15) is 24.6 Å². The van der Waals surface area contributed by atoms with Gasteiger partial charge in [0.15, 0.2) is 5.82 Å². The lowest BCUT2D eigenvalue weighted by atomic mass is 10.2. The Morgan fingerprint density at radius 2 is 2.43 bits per heavy atom. The third-order valence-corrected chi connectivity index (χ3v) is 3.83. The fourth-order valence-electron chi connectivity index (χ4n) is 2.76. The predicted octanol–water partition coefficient (Wildman–Crippen LogP) is 1.12. The fraction of sp³-hybridized carbons (Fsp3) is 0.643. The van der Waals surface area contributed by atoms with Gasteiger partial charge in [-0.15, -0.1) is 0 Å². The zero-order valence-corrected chi connectivity index (χ0v) is 12.3. The van der Waals surface area contributed by atoms with Crippen molar-refractivity contribution in [3.63, 3.8) is 0 Å². The highest BCUT2D eigenvalue weighted by molar-refractivity contribution is 4.90. The van der Waals surface area contributed by atoms with Gasteiger partial charge in [-0.2, -0.15) is 10.1 Å². The summed E-state index contributed by atoms with van der Waals surface area (Å²) >= 11 is 0. The molecule has 0 aliphatic carbocycles. The molecule has 21 heavy (non-hydrogen) atoms. The van der Waals surface area contributed by atoms with Gasteiger partial charge < -0.3 is 9.26 Å². The van der Waals surface area contributed by atoms with Crippen LogP contribution >= 0.6 is 0 Å². The Morgan fingerprint density at radius 1 is 1.48 bits per heavy atom. The molecule has 1 fully saturated rings. The monoisotopic (exact) mass is 291 g/mol. The van der Waals surface area contributed by atoms with Gasteiger partial charge in [0, 0.05) is 32.0 Å². The summed E-state index contributed by atoms with van der Waals surface area (Å²) in [7, 11) is 1.67. The summed E-state index contributed by atoms with van der Waals surface area (Å²) in [6, 6.07) is 2.44. The van der Waals surface area contributed by atoms with Crippen LogP contribution in [0.15, 0.2) is 23.0 Å². The molecular weight excluding hydrogens is 270 g/mol. The van der Waals surface area contributed by atoms with E-state index in [4.69, 9.17) is 9.26 Å². The summed E-state index contributed by atoms with van der Waals surface area (Å²) in [5.74, 6) is 1.41. The van der Waals surface area contributed by atoms with Crippen molar-refractivity contribution in [1.29, 1.82) is 0 Å². The second-order valence-corrected chi connectivity index (χ2v) is 5.34. The number of hydrogen-bond acceptors (Lipinski definition) is 6. The maximum atomic E-state index is 5.33. The van der Waals surface area contributed by atoms with E-state index in [2.05, 4.69) is 20.1 Å². The highest BCUT2D eigenvalue weighted by atomic mass is 16.5. The maximum absolute atomic E-state index is 5.33. The molecular formula is C14H21N5O2. The zero-order valence-electron chi connectivity index (χ0n) is 12.3. The molecule has 1 unspecified atom stereocenters. The Hall–Kier alpha value is -1.73. The number of likely N-dealkylation sites (tertiary alicyclic amines) is 1. The Bertz CT molecular complexity index is 539. The lowest BCUT2D eigenvalue weighted by Crippen LogP contribution is -2.32. The predicted molar refractivity (Wildman–Crippen MR) is 75.5 cm³/mol. The smallest absolute Gasteiger partial charge is 0.240 e. The van der Waals surface area contributed by atoms with Crippen LogP contribution < -0.4 is 0 Å². The van der Waals surface area contributed by atoms with Crippen molar-refractivity contribution in [3.05, 3.63) is 30.2 Å². The SMILES string of the molecule is COCCc1noc(CN2CCCC2Cn2cccn2)n1. The molecule has 3 rings (SSSR count). The Labute approximate surface area is 123 Å². The van der Waals surface area contributed by atoms with Crippen molar-refractivity contribution in [3.8, 4) is 0 Å². The second kappa shape index (κ2) is 6.82. The highest BCUT2D eigenvalue weighted by Crippen LogP contribution is 2.20. The fourth-order valence-corrected chi connectivity index (χ4v) is 2.76. The summed E-state index contributed by atoms with van der Waals surface area (Å²) in [4.78, 5) is 6.82. The molecule has 2 aromatic rings. The van der Waals surface area contributed by atoms with E-state index >= 15 is 0 Å². The van der Waals surface area contributed by atoms with Gasteiger partial charge in [-0.1, -0.05) is 5.16 Å². The van der Waals surface area contributed by atoms with Gasteiger partial charge in [-0.05, 0) is 25.5 Å². The third-order valence-electron chi connectivity index (χ3n) is 3.83. The average molecular weight is 291 g/mol. The van der Waals surface area contributed by atoms with E-state index < -0.39 is 0 Å². The summed E-state index contributed by atoms with van der Waals surface area (Å²) in [6.07, 6.45) is 6.91. The molecule has 0 saturated carbocycles. The summed E-state index contributed by atoms with van der Waals surface area (Å²) < 4.78 is 12.3. The molecule has 0 aromatic carbocycles. The van der Waals surface area contributed by atoms with Gasteiger partial charge in [0.05, 0.1) is 19.7 Å². The normalized spacial score (nSPS) is 19.4. The van der Waals surface area contributed by atoms with Crippen LogP contribution in [0.4, 0.5) is 0 Å². The van der Waals surface area contributed by atoms with E-state index in [0.717, 1.165) is 18.9 Å². The maximum Gasteiger partial charge on any atom is 0.240 e. The first-order valence-electron chi connectivity index (χ1n) is 7.37. The highest BCUT2D eigenvalue weighted by Gasteiger charge is 2.26. The molecule has 7 nitrogen and oxygen atoms in total. The first kappa shape index (κ1) is 14.2. The Morgan fingerprint density at radius 3 is 3.24 bits per heavy atom. The van der Waals surface area contributed by atoms with Crippen LogP contribution in [0.2, 0.25) is 0 Å². The van der Waals surface area contributed by atoms with Crippen LogP contribution in [0.3, 0.4) is 0 Å². The summed E-state index contributed by atoms with van der Waals surface area (Å²) in [5.41, 5.74) is 0. The average Bonchev–Trinajstić information content (AvgIpc) is 3.21. The van der Waals surface area contributed by atoms with E-state index in [-0.39, 0.29) is 0 Å². The van der Waals surface area contributed by atoms with Crippen molar-refractivity contribution in [2.24, 2.45) is 0 Å². The van der Waals surface area contributed by atoms with Crippen molar-refractivity contribution >= 4 is 0 Å². The molecule has 0 bridgehead atoms. The van der Waals surface area contributed by atoms with Crippen molar-refractivity contribution < 1.29 is 9.26 Å². The van der Waals surface area contributed by atoms with E-state index in [1.807, 2.05) is 23.1 Å². The van der Waals surface area contributed by atoms with Crippen LogP contribution in [-0.4, -0.2) is 51.1 Å². The molecule has 114 valence electrons. The van der Waals surface area contributed by atoms with E-state index in [1.54, 1.807) is 7.11 Å². The van der Waals surface area contributed by atoms with Crippen LogP contribution in [0.25, 0.3) is 0 Å². The van der Waals surface area contributed by atoms with Gasteiger partial charge in [-0.3, -0.25) is 9.58 Å². The van der Waals surface area contributed by atoms with Gasteiger partial charge in [0.1, 0.15) is 0 Å². The van der Waals surface area contributed by atoms with Crippen molar-refractivity contribution in [2.45, 2.75) is 38.4 Å². The van der Waals surface area contributed by atoms with Crippen LogP contribution in [0.5, 0.6) is 0 Å². The molecule has 1 atom stereocenters. The number of rotatable bonds is 7. The molecule has 2 aromatic heterocycles. The molecule has 7 heteroatoms. The topological polar surface area (TPSA) is 69.2 Å². The minimum Gasteiger partial charge on any atom is -0.384 e.